The highest BCUT2D eigenvalue weighted by Gasteiger charge is 2.59. The average Bonchev–Trinajstić information content (AvgIpc) is 2.73. The number of carboxylic acid groups (broad SMARTS) is 1. The summed E-state index contributed by atoms with van der Waals surface area (Å²) in [4.78, 5) is 16.1. The van der Waals surface area contributed by atoms with E-state index in [2.05, 4.69) is 48.4 Å². The molecule has 1 aromatic rings. The van der Waals surface area contributed by atoms with Gasteiger partial charge < -0.3 is 15.2 Å². The highest BCUT2D eigenvalue weighted by atomic mass is 16.5. The quantitative estimate of drug-likeness (QED) is 0.361. The van der Waals surface area contributed by atoms with E-state index in [-0.39, 0.29) is 6.04 Å². The van der Waals surface area contributed by atoms with Crippen LogP contribution < -0.4 is 5.32 Å². The van der Waals surface area contributed by atoms with E-state index in [1.165, 1.54) is 5.56 Å². The Morgan fingerprint density at radius 2 is 1.88 bits per heavy atom. The van der Waals surface area contributed by atoms with E-state index in [1.54, 1.807) is 0 Å². The predicted octanol–water partition coefficient (Wildman–Crippen LogP) is 4.85. The Morgan fingerprint density at radius 3 is 2.41 bits per heavy atom. The molecule has 0 radical (unpaired) electrons. The third kappa shape index (κ3) is 4.28. The van der Waals surface area contributed by atoms with Gasteiger partial charge in [-0.05, 0) is 80.8 Å². The molecule has 172 valence electrons. The number of ether oxygens (including phenoxy) is 1. The van der Waals surface area contributed by atoms with Crippen LogP contribution in [0.5, 0.6) is 0 Å². The van der Waals surface area contributed by atoms with E-state index >= 15 is 0 Å². The molecule has 4 bridgehead atoms. The van der Waals surface area contributed by atoms with Gasteiger partial charge in [0.15, 0.2) is 0 Å². The van der Waals surface area contributed by atoms with Gasteiger partial charge >= 0.3 is 5.97 Å². The predicted molar refractivity (Wildman–Crippen MR) is 123 cm³/mol. The summed E-state index contributed by atoms with van der Waals surface area (Å²) in [6.45, 7) is 8.65. The van der Waals surface area contributed by atoms with Gasteiger partial charge in [-0.15, -0.1) is 0 Å². The summed E-state index contributed by atoms with van der Waals surface area (Å²) in [6, 6.07) is 8.59. The molecule has 2 N–H and O–H groups in total. The van der Waals surface area contributed by atoms with Crippen molar-refractivity contribution in [3.8, 4) is 6.19 Å². The third-order valence-corrected chi connectivity index (χ3v) is 8.01. The minimum atomic E-state index is -0.758. The maximum absolute atomic E-state index is 12.0. The average molecular weight is 438 g/mol. The molecule has 5 rings (SSSR count). The summed E-state index contributed by atoms with van der Waals surface area (Å²) >= 11 is 0. The summed E-state index contributed by atoms with van der Waals surface area (Å²) in [6.07, 6.45) is 6.33. The molecule has 1 aromatic carbocycles. The lowest BCUT2D eigenvalue weighted by Gasteiger charge is -2.58. The first-order valence-corrected chi connectivity index (χ1v) is 11.8. The monoisotopic (exact) mass is 437 g/mol. The molecule has 4 fully saturated rings. The second kappa shape index (κ2) is 8.51. The summed E-state index contributed by atoms with van der Waals surface area (Å²) in [7, 11) is 0. The van der Waals surface area contributed by atoms with Crippen molar-refractivity contribution in [1.29, 1.82) is 5.26 Å². The fourth-order valence-corrected chi connectivity index (χ4v) is 6.40. The van der Waals surface area contributed by atoms with Crippen molar-refractivity contribution in [2.24, 2.45) is 28.2 Å². The van der Waals surface area contributed by atoms with E-state index < -0.39 is 17.0 Å². The standard InChI is InChI=1S/C26H35N3O3/c1-16(2)19-7-5-17(6-8-19)14-32-25(3,4)23(28-15-27)29-22-20-9-18-10-21(22)13-26(11-18,12-20)24(30)31/h5-8,16,18,20-22H,9-14H2,1-4H3,(H,28,29)(H,30,31). The minimum Gasteiger partial charge on any atom is -0.481 e. The van der Waals surface area contributed by atoms with Crippen molar-refractivity contribution in [1.82, 2.24) is 5.32 Å². The van der Waals surface area contributed by atoms with Crippen LogP contribution in [0.4, 0.5) is 0 Å². The molecule has 0 saturated heterocycles. The van der Waals surface area contributed by atoms with Crippen LogP contribution in [0.2, 0.25) is 0 Å². The second-order valence-corrected chi connectivity index (χ2v) is 11.0. The van der Waals surface area contributed by atoms with Crippen molar-refractivity contribution in [3.05, 3.63) is 35.4 Å². The Balaban J connectivity index is 1.45. The molecule has 2 unspecified atom stereocenters. The lowest BCUT2D eigenvalue weighted by molar-refractivity contribution is -0.166. The highest BCUT2D eigenvalue weighted by Crippen LogP contribution is 2.60. The zero-order chi connectivity index (χ0) is 23.1. The number of carbonyl (C=O) groups is 1. The van der Waals surface area contributed by atoms with Gasteiger partial charge in [-0.3, -0.25) is 4.79 Å². The summed E-state index contributed by atoms with van der Waals surface area (Å²) < 4.78 is 6.24. The van der Waals surface area contributed by atoms with E-state index in [0.29, 0.717) is 36.1 Å². The van der Waals surface area contributed by atoms with Gasteiger partial charge in [0.2, 0.25) is 6.19 Å². The number of aliphatic carboxylic acids is 1. The number of nitrogens with one attached hydrogen (secondary N) is 1. The number of amidine groups is 1. The van der Waals surface area contributed by atoms with Crippen LogP contribution in [0.25, 0.3) is 0 Å². The number of hydrogen-bond donors (Lipinski definition) is 2. The Bertz CT molecular complexity index is 913. The Morgan fingerprint density at radius 1 is 1.25 bits per heavy atom. The first kappa shape index (κ1) is 22.8. The zero-order valence-corrected chi connectivity index (χ0v) is 19.6. The van der Waals surface area contributed by atoms with Crippen LogP contribution in [0, 0.1) is 34.6 Å². The smallest absolute Gasteiger partial charge is 0.309 e. The molecule has 6 nitrogen and oxygen atoms in total. The molecule has 0 amide bonds. The Labute approximate surface area is 191 Å². The molecule has 0 spiro atoms. The van der Waals surface area contributed by atoms with E-state index in [9.17, 15) is 15.2 Å². The molecule has 2 atom stereocenters. The van der Waals surface area contributed by atoms with Gasteiger partial charge in [0, 0.05) is 6.04 Å². The maximum Gasteiger partial charge on any atom is 0.309 e. The van der Waals surface area contributed by atoms with Gasteiger partial charge in [0.1, 0.15) is 11.4 Å². The molecule has 4 aliphatic carbocycles. The molecule has 4 aliphatic rings. The summed E-state index contributed by atoms with van der Waals surface area (Å²) in [5, 5.41) is 22.8. The number of rotatable bonds is 7. The number of aliphatic imine (C=N–C) groups is 1. The van der Waals surface area contributed by atoms with Crippen LogP contribution in [0.3, 0.4) is 0 Å². The van der Waals surface area contributed by atoms with Gasteiger partial charge in [-0.25, -0.2) is 0 Å². The number of nitriles is 1. The van der Waals surface area contributed by atoms with Gasteiger partial charge in [0.05, 0.1) is 12.0 Å². The number of carboxylic acids is 1. The number of hydrogen-bond acceptors (Lipinski definition) is 4. The lowest BCUT2D eigenvalue weighted by Crippen LogP contribution is -2.62. The zero-order valence-electron chi connectivity index (χ0n) is 19.6. The Hall–Kier alpha value is -2.39. The SMILES string of the molecule is CC(C)c1ccc(COC(C)(C)/C(=N\C#N)NC2C3CC4CC2CC(C(=O)O)(C4)C3)cc1. The third-order valence-electron chi connectivity index (χ3n) is 8.01. The van der Waals surface area contributed by atoms with Crippen molar-refractivity contribution in [2.45, 2.75) is 84.0 Å². The number of nitrogens with zero attached hydrogens (tertiary/aromatic N) is 2. The normalized spacial score (nSPS) is 31.6. The van der Waals surface area contributed by atoms with Crippen LogP contribution >= 0.6 is 0 Å². The van der Waals surface area contributed by atoms with E-state index in [1.807, 2.05) is 20.0 Å². The number of benzene rings is 1. The minimum absolute atomic E-state index is 0.152. The van der Waals surface area contributed by atoms with E-state index in [4.69, 9.17) is 4.74 Å². The molecule has 0 aromatic heterocycles. The Kier molecular flexibility index (Phi) is 6.06. The largest absolute Gasteiger partial charge is 0.481 e. The summed E-state index contributed by atoms with van der Waals surface area (Å²) in [5.41, 5.74) is 1.07. The first-order chi connectivity index (χ1) is 15.1. The van der Waals surface area contributed by atoms with Gasteiger partial charge in [-0.2, -0.15) is 10.3 Å². The van der Waals surface area contributed by atoms with Crippen molar-refractivity contribution in [2.75, 3.05) is 0 Å². The first-order valence-electron chi connectivity index (χ1n) is 11.8. The van der Waals surface area contributed by atoms with Crippen molar-refractivity contribution < 1.29 is 14.6 Å². The van der Waals surface area contributed by atoms with Gasteiger partial charge in [0.25, 0.3) is 0 Å². The van der Waals surface area contributed by atoms with Crippen LogP contribution in [-0.4, -0.2) is 28.6 Å². The maximum atomic E-state index is 12.0. The van der Waals surface area contributed by atoms with Crippen LogP contribution in [0.15, 0.2) is 29.3 Å². The molecule has 4 saturated carbocycles. The van der Waals surface area contributed by atoms with Crippen LogP contribution in [0.1, 0.15) is 76.8 Å². The molecular weight excluding hydrogens is 402 g/mol. The highest BCUT2D eigenvalue weighted by molar-refractivity contribution is 5.91. The van der Waals surface area contributed by atoms with Crippen molar-refractivity contribution in [3.63, 3.8) is 0 Å². The second-order valence-electron chi connectivity index (χ2n) is 11.0. The fraction of sp³-hybridized carbons (Fsp3) is 0.654. The molecule has 0 aliphatic heterocycles. The molecular formula is C26H35N3O3. The topological polar surface area (TPSA) is 94.7 Å². The fourth-order valence-electron chi connectivity index (χ4n) is 6.40. The molecule has 6 heteroatoms. The summed E-state index contributed by atoms with van der Waals surface area (Å²) in [5.74, 6) is 1.52. The van der Waals surface area contributed by atoms with Crippen molar-refractivity contribution >= 4 is 11.8 Å². The molecule has 0 heterocycles. The van der Waals surface area contributed by atoms with Gasteiger partial charge in [-0.1, -0.05) is 38.1 Å². The van der Waals surface area contributed by atoms with Crippen LogP contribution in [-0.2, 0) is 16.1 Å². The van der Waals surface area contributed by atoms with E-state index in [0.717, 1.165) is 37.7 Å². The lowest BCUT2D eigenvalue weighted by atomic mass is 9.48. The molecule has 32 heavy (non-hydrogen) atoms.